The van der Waals surface area contributed by atoms with Crippen molar-refractivity contribution in [3.8, 4) is 0 Å². The SMILES string of the molecule is O=C1CCc2cc(N[C@@H]3CC(=O)N(CCc4ccccc4)C3=O)ccc2N1. The molecule has 0 unspecified atom stereocenters. The van der Waals surface area contributed by atoms with Gasteiger partial charge in [-0.25, -0.2) is 0 Å². The fourth-order valence-electron chi connectivity index (χ4n) is 3.59. The molecule has 1 atom stereocenters. The third-order valence-corrected chi connectivity index (χ3v) is 5.05. The number of imide groups is 1. The number of anilines is 2. The van der Waals surface area contributed by atoms with Gasteiger partial charge >= 0.3 is 0 Å². The van der Waals surface area contributed by atoms with Crippen molar-refractivity contribution in [1.82, 2.24) is 4.90 Å². The Morgan fingerprint density at radius 1 is 1.04 bits per heavy atom. The second-order valence-corrected chi connectivity index (χ2v) is 6.94. The normalized spacial score (nSPS) is 19.0. The Bertz CT molecular complexity index is 895. The van der Waals surface area contributed by atoms with E-state index in [-0.39, 0.29) is 24.1 Å². The summed E-state index contributed by atoms with van der Waals surface area (Å²) in [5, 5.41) is 6.03. The number of benzene rings is 2. The van der Waals surface area contributed by atoms with E-state index in [0.29, 0.717) is 25.8 Å². The molecule has 0 bridgehead atoms. The lowest BCUT2D eigenvalue weighted by atomic mass is 10.0. The molecule has 2 aliphatic rings. The van der Waals surface area contributed by atoms with Gasteiger partial charge < -0.3 is 10.6 Å². The van der Waals surface area contributed by atoms with Crippen molar-refractivity contribution in [2.24, 2.45) is 0 Å². The highest BCUT2D eigenvalue weighted by atomic mass is 16.2. The molecule has 2 aliphatic heterocycles. The van der Waals surface area contributed by atoms with Gasteiger partial charge in [0, 0.05) is 24.3 Å². The lowest BCUT2D eigenvalue weighted by Crippen LogP contribution is -2.36. The van der Waals surface area contributed by atoms with Crippen LogP contribution in [0.25, 0.3) is 0 Å². The molecular formula is C21H21N3O3. The van der Waals surface area contributed by atoms with Crippen molar-refractivity contribution in [3.63, 3.8) is 0 Å². The van der Waals surface area contributed by atoms with Crippen LogP contribution in [0, 0.1) is 0 Å². The first kappa shape index (κ1) is 17.3. The highest BCUT2D eigenvalue weighted by molar-refractivity contribution is 6.06. The predicted octanol–water partition coefficient (Wildman–Crippen LogP) is 2.35. The molecule has 138 valence electrons. The van der Waals surface area contributed by atoms with E-state index in [9.17, 15) is 14.4 Å². The molecule has 27 heavy (non-hydrogen) atoms. The Labute approximate surface area is 157 Å². The molecule has 3 amide bonds. The quantitative estimate of drug-likeness (QED) is 0.800. The third-order valence-electron chi connectivity index (χ3n) is 5.05. The number of nitrogens with one attached hydrogen (secondary N) is 2. The van der Waals surface area contributed by atoms with Gasteiger partial charge in [0.2, 0.25) is 11.8 Å². The molecular weight excluding hydrogens is 342 g/mol. The van der Waals surface area contributed by atoms with Crippen molar-refractivity contribution in [1.29, 1.82) is 0 Å². The van der Waals surface area contributed by atoms with Crippen LogP contribution in [0.3, 0.4) is 0 Å². The molecule has 0 spiro atoms. The van der Waals surface area contributed by atoms with Crippen LogP contribution < -0.4 is 10.6 Å². The van der Waals surface area contributed by atoms with Gasteiger partial charge in [0.1, 0.15) is 6.04 Å². The summed E-state index contributed by atoms with van der Waals surface area (Å²) in [6.45, 7) is 0.399. The van der Waals surface area contributed by atoms with Gasteiger partial charge in [0.15, 0.2) is 0 Å². The first-order valence-corrected chi connectivity index (χ1v) is 9.17. The lowest BCUT2D eigenvalue weighted by molar-refractivity contribution is -0.138. The molecule has 6 nitrogen and oxygen atoms in total. The van der Waals surface area contributed by atoms with Crippen molar-refractivity contribution in [2.75, 3.05) is 17.2 Å². The van der Waals surface area contributed by atoms with Crippen molar-refractivity contribution in [3.05, 3.63) is 59.7 Å². The zero-order valence-electron chi connectivity index (χ0n) is 14.9. The molecule has 1 fully saturated rings. The molecule has 2 aromatic carbocycles. The van der Waals surface area contributed by atoms with Gasteiger partial charge in [0.25, 0.3) is 5.91 Å². The average molecular weight is 363 g/mol. The van der Waals surface area contributed by atoms with Crippen LogP contribution >= 0.6 is 0 Å². The number of carbonyl (C=O) groups excluding carboxylic acids is 3. The van der Waals surface area contributed by atoms with E-state index in [1.54, 1.807) is 0 Å². The van der Waals surface area contributed by atoms with E-state index in [0.717, 1.165) is 22.5 Å². The van der Waals surface area contributed by atoms with E-state index >= 15 is 0 Å². The van der Waals surface area contributed by atoms with Gasteiger partial charge in [-0.15, -0.1) is 0 Å². The van der Waals surface area contributed by atoms with Crippen LogP contribution in [0.5, 0.6) is 0 Å². The second-order valence-electron chi connectivity index (χ2n) is 6.94. The molecule has 0 aromatic heterocycles. The van der Waals surface area contributed by atoms with Gasteiger partial charge in [0.05, 0.1) is 6.42 Å². The van der Waals surface area contributed by atoms with Crippen molar-refractivity contribution in [2.45, 2.75) is 31.7 Å². The van der Waals surface area contributed by atoms with Crippen LogP contribution in [-0.2, 0) is 27.2 Å². The van der Waals surface area contributed by atoms with Crippen LogP contribution in [0.15, 0.2) is 48.5 Å². The predicted molar refractivity (Wildman–Crippen MR) is 102 cm³/mol. The molecule has 0 aliphatic carbocycles. The molecule has 0 saturated carbocycles. The fourth-order valence-corrected chi connectivity index (χ4v) is 3.59. The Morgan fingerprint density at radius 3 is 2.67 bits per heavy atom. The van der Waals surface area contributed by atoms with E-state index < -0.39 is 6.04 Å². The number of likely N-dealkylation sites (tertiary alicyclic amines) is 1. The minimum Gasteiger partial charge on any atom is -0.373 e. The van der Waals surface area contributed by atoms with Gasteiger partial charge in [-0.1, -0.05) is 30.3 Å². The minimum atomic E-state index is -0.537. The zero-order chi connectivity index (χ0) is 18.8. The summed E-state index contributed by atoms with van der Waals surface area (Å²) in [5.41, 5.74) is 3.75. The summed E-state index contributed by atoms with van der Waals surface area (Å²) in [7, 11) is 0. The Balaban J connectivity index is 1.41. The van der Waals surface area contributed by atoms with Crippen LogP contribution in [0.1, 0.15) is 24.0 Å². The molecule has 2 aromatic rings. The molecule has 6 heteroatoms. The van der Waals surface area contributed by atoms with Gasteiger partial charge in [-0.3, -0.25) is 19.3 Å². The summed E-state index contributed by atoms with van der Waals surface area (Å²) in [6, 6.07) is 14.9. The number of fused-ring (bicyclic) bond motifs is 1. The Morgan fingerprint density at radius 2 is 1.85 bits per heavy atom. The largest absolute Gasteiger partial charge is 0.373 e. The number of hydrogen-bond donors (Lipinski definition) is 2. The first-order chi connectivity index (χ1) is 13.1. The molecule has 2 N–H and O–H groups in total. The number of hydrogen-bond acceptors (Lipinski definition) is 4. The lowest BCUT2D eigenvalue weighted by Gasteiger charge is -2.19. The van der Waals surface area contributed by atoms with Crippen LogP contribution in [0.2, 0.25) is 0 Å². The van der Waals surface area contributed by atoms with Gasteiger partial charge in [-0.05, 0) is 42.2 Å². The Kier molecular flexibility index (Phi) is 4.62. The minimum absolute atomic E-state index is 0.0221. The number of rotatable bonds is 5. The summed E-state index contributed by atoms with van der Waals surface area (Å²) in [6.07, 6.45) is 1.97. The highest BCUT2D eigenvalue weighted by Crippen LogP contribution is 2.27. The third kappa shape index (κ3) is 3.69. The zero-order valence-corrected chi connectivity index (χ0v) is 14.9. The maximum atomic E-state index is 12.7. The van der Waals surface area contributed by atoms with E-state index in [1.165, 1.54) is 4.90 Å². The van der Waals surface area contributed by atoms with Gasteiger partial charge in [-0.2, -0.15) is 0 Å². The molecule has 0 radical (unpaired) electrons. The van der Waals surface area contributed by atoms with Crippen LogP contribution in [-0.4, -0.2) is 35.2 Å². The summed E-state index contributed by atoms with van der Waals surface area (Å²) in [4.78, 5) is 37.8. The number of nitrogens with zero attached hydrogens (tertiary/aromatic N) is 1. The topological polar surface area (TPSA) is 78.5 Å². The fraction of sp³-hybridized carbons (Fsp3) is 0.286. The van der Waals surface area contributed by atoms with Crippen molar-refractivity contribution >= 4 is 29.1 Å². The average Bonchev–Trinajstić information content (AvgIpc) is 2.94. The molecule has 1 saturated heterocycles. The first-order valence-electron chi connectivity index (χ1n) is 9.17. The smallest absolute Gasteiger partial charge is 0.252 e. The summed E-state index contributed by atoms with van der Waals surface area (Å²) >= 11 is 0. The maximum Gasteiger partial charge on any atom is 0.252 e. The highest BCUT2D eigenvalue weighted by Gasteiger charge is 2.38. The number of amides is 3. The number of aryl methyl sites for hydroxylation is 1. The standard InChI is InChI=1S/C21H21N3O3/c25-19-9-6-15-12-16(7-8-17(15)23-19)22-18-13-20(26)24(21(18)27)11-10-14-4-2-1-3-5-14/h1-5,7-8,12,18,22H,6,9-11,13H2,(H,23,25)/t18-/m1/s1. The second kappa shape index (κ2) is 7.23. The maximum absolute atomic E-state index is 12.7. The monoisotopic (exact) mass is 363 g/mol. The van der Waals surface area contributed by atoms with Crippen molar-refractivity contribution < 1.29 is 14.4 Å². The molecule has 2 heterocycles. The summed E-state index contributed by atoms with van der Waals surface area (Å²) < 4.78 is 0. The van der Waals surface area contributed by atoms with E-state index in [4.69, 9.17) is 0 Å². The number of carbonyl (C=O) groups is 3. The van der Waals surface area contributed by atoms with E-state index in [1.807, 2.05) is 48.5 Å². The Hall–Kier alpha value is -3.15. The van der Waals surface area contributed by atoms with E-state index in [2.05, 4.69) is 10.6 Å². The summed E-state index contributed by atoms with van der Waals surface area (Å²) in [5.74, 6) is -0.297. The van der Waals surface area contributed by atoms with Crippen LogP contribution in [0.4, 0.5) is 11.4 Å². The molecule has 4 rings (SSSR count).